The van der Waals surface area contributed by atoms with E-state index in [2.05, 4.69) is 12.2 Å². The molecule has 106 valence electrons. The second kappa shape index (κ2) is 7.07. The van der Waals surface area contributed by atoms with Gasteiger partial charge in [-0.3, -0.25) is 9.69 Å². The van der Waals surface area contributed by atoms with E-state index in [1.54, 1.807) is 0 Å². The molecule has 0 bridgehead atoms. The number of morpholine rings is 1. The summed E-state index contributed by atoms with van der Waals surface area (Å²) in [6.07, 6.45) is 1.90. The third kappa shape index (κ3) is 5.33. The Morgan fingerprint density at radius 3 is 2.89 bits per heavy atom. The van der Waals surface area contributed by atoms with Gasteiger partial charge < -0.3 is 15.2 Å². The smallest absolute Gasteiger partial charge is 0.234 e. The van der Waals surface area contributed by atoms with Crippen molar-refractivity contribution in [1.82, 2.24) is 10.2 Å². The highest BCUT2D eigenvalue weighted by molar-refractivity contribution is 5.78. The van der Waals surface area contributed by atoms with Crippen LogP contribution in [0.4, 0.5) is 0 Å². The fourth-order valence-corrected chi connectivity index (χ4v) is 2.30. The maximum atomic E-state index is 11.7. The molecular weight excluding hydrogens is 232 g/mol. The van der Waals surface area contributed by atoms with E-state index < -0.39 is 0 Å². The second-order valence-corrected chi connectivity index (χ2v) is 5.56. The first-order valence-corrected chi connectivity index (χ1v) is 6.74. The van der Waals surface area contributed by atoms with E-state index in [1.165, 1.54) is 0 Å². The van der Waals surface area contributed by atoms with Crippen LogP contribution in [0.15, 0.2) is 0 Å². The highest BCUT2D eigenvalue weighted by Gasteiger charge is 2.33. The molecule has 0 aromatic carbocycles. The van der Waals surface area contributed by atoms with Crippen LogP contribution < -0.4 is 5.32 Å². The summed E-state index contributed by atoms with van der Waals surface area (Å²) in [5.74, 6) is 0.0536. The molecule has 1 saturated heterocycles. The van der Waals surface area contributed by atoms with Gasteiger partial charge in [0.1, 0.15) is 0 Å². The van der Waals surface area contributed by atoms with Crippen LogP contribution in [0.1, 0.15) is 33.6 Å². The minimum atomic E-state index is -0.310. The topological polar surface area (TPSA) is 61.8 Å². The van der Waals surface area contributed by atoms with Gasteiger partial charge in [0.25, 0.3) is 0 Å². The van der Waals surface area contributed by atoms with Crippen LogP contribution in [0.25, 0.3) is 0 Å². The summed E-state index contributed by atoms with van der Waals surface area (Å²) in [5.41, 5.74) is -0.310. The average Bonchev–Trinajstić information content (AvgIpc) is 2.27. The first kappa shape index (κ1) is 15.4. The number of amides is 1. The summed E-state index contributed by atoms with van der Waals surface area (Å²) in [6.45, 7) is 8.51. The number of carbonyl (C=O) groups excluding carboxylic acids is 1. The molecule has 0 spiro atoms. The average molecular weight is 258 g/mol. The summed E-state index contributed by atoms with van der Waals surface area (Å²) in [7, 11) is 0. The van der Waals surface area contributed by atoms with E-state index in [1.807, 2.05) is 18.7 Å². The Kier molecular flexibility index (Phi) is 6.05. The van der Waals surface area contributed by atoms with Crippen LogP contribution >= 0.6 is 0 Å². The van der Waals surface area contributed by atoms with Crippen molar-refractivity contribution in [2.75, 3.05) is 32.8 Å². The maximum absolute atomic E-state index is 11.7. The Morgan fingerprint density at radius 2 is 2.28 bits per heavy atom. The molecule has 0 radical (unpaired) electrons. The molecule has 1 unspecified atom stereocenters. The van der Waals surface area contributed by atoms with Crippen LogP contribution in [0, 0.1) is 0 Å². The quantitative estimate of drug-likeness (QED) is 0.676. The molecule has 0 aromatic heterocycles. The van der Waals surface area contributed by atoms with Crippen LogP contribution in [0.3, 0.4) is 0 Å². The van der Waals surface area contributed by atoms with Gasteiger partial charge in [0, 0.05) is 19.6 Å². The molecule has 2 N–H and O–H groups in total. The van der Waals surface area contributed by atoms with Gasteiger partial charge in [-0.25, -0.2) is 0 Å². The molecule has 5 heteroatoms. The minimum Gasteiger partial charge on any atom is -0.394 e. The fraction of sp³-hybridized carbons (Fsp3) is 0.923. The van der Waals surface area contributed by atoms with E-state index >= 15 is 0 Å². The Morgan fingerprint density at radius 1 is 1.56 bits per heavy atom. The van der Waals surface area contributed by atoms with Gasteiger partial charge in [0.05, 0.1) is 24.9 Å². The third-order valence-electron chi connectivity index (χ3n) is 2.98. The first-order valence-electron chi connectivity index (χ1n) is 6.74. The number of nitrogens with one attached hydrogen (secondary N) is 1. The molecule has 0 saturated carbocycles. The summed E-state index contributed by atoms with van der Waals surface area (Å²) >= 11 is 0. The van der Waals surface area contributed by atoms with Crippen molar-refractivity contribution in [3.8, 4) is 0 Å². The van der Waals surface area contributed by atoms with Gasteiger partial charge in [0.15, 0.2) is 0 Å². The van der Waals surface area contributed by atoms with Gasteiger partial charge in [-0.1, -0.05) is 13.3 Å². The maximum Gasteiger partial charge on any atom is 0.234 e. The fourth-order valence-electron chi connectivity index (χ4n) is 2.30. The third-order valence-corrected chi connectivity index (χ3v) is 2.98. The summed E-state index contributed by atoms with van der Waals surface area (Å²) in [6, 6.07) is 0. The van der Waals surface area contributed by atoms with Crippen LogP contribution in [0.5, 0.6) is 0 Å². The second-order valence-electron chi connectivity index (χ2n) is 5.56. The lowest BCUT2D eigenvalue weighted by Gasteiger charge is -2.42. The minimum absolute atomic E-state index is 0.00260. The molecule has 1 amide bonds. The predicted octanol–water partition coefficient (Wildman–Crippen LogP) is 0.374. The molecule has 1 aliphatic rings. The number of aliphatic hydroxyl groups excluding tert-OH is 1. The summed E-state index contributed by atoms with van der Waals surface area (Å²) in [4.78, 5) is 13.8. The van der Waals surface area contributed by atoms with Crippen LogP contribution in [-0.2, 0) is 9.53 Å². The Balaban J connectivity index is 2.38. The van der Waals surface area contributed by atoms with Crippen molar-refractivity contribution >= 4 is 5.91 Å². The summed E-state index contributed by atoms with van der Waals surface area (Å²) in [5, 5.41) is 12.1. The van der Waals surface area contributed by atoms with Crippen LogP contribution in [0.2, 0.25) is 0 Å². The number of hydrogen-bond acceptors (Lipinski definition) is 4. The number of rotatable bonds is 6. The zero-order valence-corrected chi connectivity index (χ0v) is 11.7. The van der Waals surface area contributed by atoms with Gasteiger partial charge in [-0.05, 0) is 20.3 Å². The lowest BCUT2D eigenvalue weighted by molar-refractivity contribution is -0.153. The highest BCUT2D eigenvalue weighted by Crippen LogP contribution is 2.20. The molecule has 5 nitrogen and oxygen atoms in total. The van der Waals surface area contributed by atoms with Crippen molar-refractivity contribution in [2.45, 2.75) is 45.3 Å². The zero-order valence-electron chi connectivity index (χ0n) is 11.7. The molecular formula is C13H26N2O3. The van der Waals surface area contributed by atoms with Crippen molar-refractivity contribution in [3.05, 3.63) is 0 Å². The lowest BCUT2D eigenvalue weighted by Crippen LogP contribution is -2.55. The zero-order chi connectivity index (χ0) is 13.6. The first-order chi connectivity index (χ1) is 8.46. The number of ether oxygens (including phenoxy) is 1. The Bertz CT molecular complexity index is 269. The van der Waals surface area contributed by atoms with Crippen molar-refractivity contribution in [3.63, 3.8) is 0 Å². The van der Waals surface area contributed by atoms with Crippen molar-refractivity contribution in [2.24, 2.45) is 0 Å². The van der Waals surface area contributed by atoms with Gasteiger partial charge in [-0.15, -0.1) is 0 Å². The van der Waals surface area contributed by atoms with Crippen molar-refractivity contribution < 1.29 is 14.6 Å². The summed E-state index contributed by atoms with van der Waals surface area (Å²) < 4.78 is 5.71. The number of hydrogen-bond donors (Lipinski definition) is 2. The van der Waals surface area contributed by atoms with E-state index in [0.717, 1.165) is 19.4 Å². The number of nitrogens with zero attached hydrogens (tertiary/aromatic N) is 1. The van der Waals surface area contributed by atoms with E-state index in [9.17, 15) is 9.90 Å². The lowest BCUT2D eigenvalue weighted by atomic mass is 10.1. The van der Waals surface area contributed by atoms with Crippen LogP contribution in [-0.4, -0.2) is 60.4 Å². The van der Waals surface area contributed by atoms with E-state index in [-0.39, 0.29) is 24.2 Å². The van der Waals surface area contributed by atoms with Gasteiger partial charge >= 0.3 is 0 Å². The van der Waals surface area contributed by atoms with Gasteiger partial charge in [0.2, 0.25) is 5.91 Å². The largest absolute Gasteiger partial charge is 0.394 e. The monoisotopic (exact) mass is 258 g/mol. The standard InChI is InChI=1S/C13H26N2O3/c1-4-5-6-14-12(17)8-15-7-11(9-16)18-13(2,3)10-15/h11,16H,4-10H2,1-3H3,(H,14,17). The molecule has 1 fully saturated rings. The number of aliphatic hydroxyl groups is 1. The van der Waals surface area contributed by atoms with Crippen molar-refractivity contribution in [1.29, 1.82) is 0 Å². The molecule has 1 heterocycles. The normalized spacial score (nSPS) is 23.9. The molecule has 1 aliphatic heterocycles. The SMILES string of the molecule is CCCCNC(=O)CN1CC(CO)OC(C)(C)C1. The molecule has 1 rings (SSSR count). The Hall–Kier alpha value is -0.650. The molecule has 0 aliphatic carbocycles. The number of carbonyl (C=O) groups is 1. The molecule has 0 aromatic rings. The molecule has 1 atom stereocenters. The van der Waals surface area contributed by atoms with E-state index in [4.69, 9.17) is 4.74 Å². The number of unbranched alkanes of at least 4 members (excludes halogenated alkanes) is 1. The van der Waals surface area contributed by atoms with E-state index in [0.29, 0.717) is 19.6 Å². The molecule has 18 heavy (non-hydrogen) atoms. The Labute approximate surface area is 109 Å². The predicted molar refractivity (Wildman–Crippen MR) is 70.4 cm³/mol. The van der Waals surface area contributed by atoms with Gasteiger partial charge in [-0.2, -0.15) is 0 Å². The highest BCUT2D eigenvalue weighted by atomic mass is 16.5.